The quantitative estimate of drug-likeness (QED) is 0.739. The number of carbonyl (C=O) groups is 1. The topological polar surface area (TPSA) is 64.6 Å². The number of hydrogen-bond donors (Lipinski definition) is 1. The zero-order valence-corrected chi connectivity index (χ0v) is 17.8. The molecule has 1 aromatic carbocycles. The molecule has 2 aromatic rings. The van der Waals surface area contributed by atoms with Crippen LogP contribution in [0.1, 0.15) is 37.7 Å². The molecule has 1 fully saturated rings. The van der Waals surface area contributed by atoms with Gasteiger partial charge in [-0.15, -0.1) is 0 Å². The summed E-state index contributed by atoms with van der Waals surface area (Å²) in [7, 11) is 0. The molecule has 0 unspecified atom stereocenters. The van der Waals surface area contributed by atoms with Gasteiger partial charge in [0.1, 0.15) is 5.69 Å². The highest BCUT2D eigenvalue weighted by Gasteiger charge is 2.17. The second kappa shape index (κ2) is 10.2. The number of carbonyl (C=O) groups excluding carboxylic acids is 1. The number of nitrogens with one attached hydrogen (secondary N) is 1. The van der Waals surface area contributed by atoms with E-state index in [2.05, 4.69) is 44.1 Å². The van der Waals surface area contributed by atoms with Crippen LogP contribution in [0.4, 0.5) is 17.3 Å². The van der Waals surface area contributed by atoms with Gasteiger partial charge in [0.15, 0.2) is 0 Å². The van der Waals surface area contributed by atoms with E-state index in [0.717, 1.165) is 31.9 Å². The van der Waals surface area contributed by atoms with Crippen LogP contribution in [0.3, 0.4) is 0 Å². The van der Waals surface area contributed by atoms with E-state index in [1.165, 1.54) is 18.7 Å². The number of hydrogen-bond acceptors (Lipinski definition) is 6. The third-order valence-corrected chi connectivity index (χ3v) is 5.33. The van der Waals surface area contributed by atoms with Gasteiger partial charge in [0.05, 0.1) is 0 Å². The largest absolute Gasteiger partial charge is 0.369 e. The maximum atomic E-state index is 12.5. The van der Waals surface area contributed by atoms with Crippen molar-refractivity contribution in [1.29, 1.82) is 0 Å². The molecule has 1 saturated heterocycles. The highest BCUT2D eigenvalue weighted by atomic mass is 16.2. The molecule has 1 amide bonds. The van der Waals surface area contributed by atoms with Gasteiger partial charge in [-0.1, -0.05) is 6.92 Å². The molecule has 1 N–H and O–H groups in total. The molecule has 0 spiro atoms. The summed E-state index contributed by atoms with van der Waals surface area (Å²) in [5.41, 5.74) is 2.55. The van der Waals surface area contributed by atoms with E-state index in [-0.39, 0.29) is 5.91 Å². The Hall–Kier alpha value is -2.67. The van der Waals surface area contributed by atoms with Crippen LogP contribution in [0.2, 0.25) is 0 Å². The van der Waals surface area contributed by atoms with Gasteiger partial charge in [-0.2, -0.15) is 0 Å². The Morgan fingerprint density at radius 2 is 1.72 bits per heavy atom. The van der Waals surface area contributed by atoms with Crippen molar-refractivity contribution in [1.82, 2.24) is 19.8 Å². The van der Waals surface area contributed by atoms with Crippen molar-refractivity contribution < 1.29 is 4.79 Å². The van der Waals surface area contributed by atoms with Gasteiger partial charge in [0, 0.05) is 56.8 Å². The fourth-order valence-corrected chi connectivity index (χ4v) is 3.64. The van der Waals surface area contributed by atoms with E-state index in [0.29, 0.717) is 24.7 Å². The molecule has 1 aliphatic heterocycles. The van der Waals surface area contributed by atoms with E-state index in [1.54, 1.807) is 17.2 Å². The Kier molecular flexibility index (Phi) is 7.41. The molecule has 1 aliphatic rings. The minimum atomic E-state index is -0.0713. The van der Waals surface area contributed by atoms with Gasteiger partial charge < -0.3 is 15.1 Å². The van der Waals surface area contributed by atoms with Crippen molar-refractivity contribution in [2.75, 3.05) is 56.0 Å². The van der Waals surface area contributed by atoms with Gasteiger partial charge in [-0.05, 0) is 57.1 Å². The third-order valence-electron chi connectivity index (χ3n) is 5.33. The van der Waals surface area contributed by atoms with Crippen molar-refractivity contribution in [3.8, 4) is 0 Å². The van der Waals surface area contributed by atoms with Gasteiger partial charge in [0.2, 0.25) is 5.95 Å². The first-order valence-electron chi connectivity index (χ1n) is 10.6. The zero-order valence-electron chi connectivity index (χ0n) is 17.8. The number of piperazine rings is 1. The monoisotopic (exact) mass is 396 g/mol. The summed E-state index contributed by atoms with van der Waals surface area (Å²) in [5.74, 6) is 0.363. The lowest BCUT2D eigenvalue weighted by Crippen LogP contribution is -2.46. The van der Waals surface area contributed by atoms with Crippen molar-refractivity contribution in [3.63, 3.8) is 0 Å². The minimum absolute atomic E-state index is 0.0713. The first kappa shape index (κ1) is 21.0. The number of aromatic nitrogens is 2. The fraction of sp³-hybridized carbons (Fsp3) is 0.500. The SMILES string of the molecule is CCCN1CCN(c2ccc(Nc3nccc(C(=O)N(CC)CC)n3)cc2)CC1. The van der Waals surface area contributed by atoms with Crippen LogP contribution in [0.15, 0.2) is 36.5 Å². The Morgan fingerprint density at radius 1 is 1.03 bits per heavy atom. The van der Waals surface area contributed by atoms with Crippen LogP contribution >= 0.6 is 0 Å². The molecule has 7 nitrogen and oxygen atoms in total. The molecule has 0 aliphatic carbocycles. The summed E-state index contributed by atoms with van der Waals surface area (Å²) in [4.78, 5) is 27.8. The smallest absolute Gasteiger partial charge is 0.272 e. The van der Waals surface area contributed by atoms with Gasteiger partial charge in [0.25, 0.3) is 5.91 Å². The molecule has 156 valence electrons. The van der Waals surface area contributed by atoms with Crippen LogP contribution < -0.4 is 10.2 Å². The fourth-order valence-electron chi connectivity index (χ4n) is 3.64. The van der Waals surface area contributed by atoms with Gasteiger partial charge >= 0.3 is 0 Å². The Morgan fingerprint density at radius 3 is 2.34 bits per heavy atom. The van der Waals surface area contributed by atoms with E-state index in [4.69, 9.17) is 0 Å². The molecular weight excluding hydrogens is 364 g/mol. The van der Waals surface area contributed by atoms with Crippen LogP contribution in [0.25, 0.3) is 0 Å². The average Bonchev–Trinajstić information content (AvgIpc) is 2.76. The first-order valence-corrected chi connectivity index (χ1v) is 10.6. The van der Waals surface area contributed by atoms with Crippen molar-refractivity contribution >= 4 is 23.2 Å². The highest BCUT2D eigenvalue weighted by Crippen LogP contribution is 2.21. The van der Waals surface area contributed by atoms with Crippen LogP contribution in [-0.2, 0) is 0 Å². The maximum absolute atomic E-state index is 12.5. The van der Waals surface area contributed by atoms with Crippen molar-refractivity contribution in [2.45, 2.75) is 27.2 Å². The predicted molar refractivity (Wildman–Crippen MR) is 118 cm³/mol. The summed E-state index contributed by atoms with van der Waals surface area (Å²) in [5, 5.41) is 3.21. The van der Waals surface area contributed by atoms with Crippen LogP contribution in [0.5, 0.6) is 0 Å². The van der Waals surface area contributed by atoms with Crippen molar-refractivity contribution in [2.24, 2.45) is 0 Å². The lowest BCUT2D eigenvalue weighted by Gasteiger charge is -2.36. The van der Waals surface area contributed by atoms with E-state index in [9.17, 15) is 4.79 Å². The Balaban J connectivity index is 1.62. The normalized spacial score (nSPS) is 14.7. The summed E-state index contributed by atoms with van der Waals surface area (Å²) in [6, 6.07) is 9.99. The molecule has 0 bridgehead atoms. The average molecular weight is 397 g/mol. The standard InChI is InChI=1S/C22H32N6O/c1-4-13-26-14-16-28(17-15-26)19-9-7-18(8-10-19)24-22-23-12-11-20(25-22)21(29)27(5-2)6-3/h7-12H,4-6,13-17H2,1-3H3,(H,23,24,25). The maximum Gasteiger partial charge on any atom is 0.272 e. The molecule has 2 heterocycles. The van der Waals surface area contributed by atoms with E-state index >= 15 is 0 Å². The Bertz CT molecular complexity index is 782. The van der Waals surface area contributed by atoms with Gasteiger partial charge in [-0.3, -0.25) is 9.69 Å². The zero-order chi connectivity index (χ0) is 20.6. The Labute approximate surface area is 173 Å². The first-order chi connectivity index (χ1) is 14.1. The number of rotatable bonds is 8. The van der Waals surface area contributed by atoms with E-state index in [1.807, 2.05) is 26.0 Å². The predicted octanol–water partition coefficient (Wildman–Crippen LogP) is 3.23. The number of benzene rings is 1. The number of nitrogens with zero attached hydrogens (tertiary/aromatic N) is 5. The summed E-state index contributed by atoms with van der Waals surface area (Å²) in [6.07, 6.45) is 2.83. The lowest BCUT2D eigenvalue weighted by atomic mass is 10.2. The second-order valence-corrected chi connectivity index (χ2v) is 7.24. The molecular formula is C22H32N6O. The molecule has 1 aromatic heterocycles. The highest BCUT2D eigenvalue weighted by molar-refractivity contribution is 5.92. The van der Waals surface area contributed by atoms with E-state index < -0.39 is 0 Å². The molecule has 0 atom stereocenters. The second-order valence-electron chi connectivity index (χ2n) is 7.24. The van der Waals surface area contributed by atoms with Crippen LogP contribution in [0, 0.1) is 0 Å². The summed E-state index contributed by atoms with van der Waals surface area (Å²) >= 11 is 0. The van der Waals surface area contributed by atoms with Crippen LogP contribution in [-0.4, -0.2) is 71.5 Å². The number of amides is 1. The van der Waals surface area contributed by atoms with Crippen molar-refractivity contribution in [3.05, 3.63) is 42.2 Å². The molecule has 3 rings (SSSR count). The molecule has 29 heavy (non-hydrogen) atoms. The molecule has 0 saturated carbocycles. The summed E-state index contributed by atoms with van der Waals surface area (Å²) in [6.45, 7) is 13.0. The third kappa shape index (κ3) is 5.44. The minimum Gasteiger partial charge on any atom is -0.369 e. The molecule has 7 heteroatoms. The summed E-state index contributed by atoms with van der Waals surface area (Å²) < 4.78 is 0. The number of anilines is 3. The molecule has 0 radical (unpaired) electrons. The lowest BCUT2D eigenvalue weighted by molar-refractivity contribution is 0.0767. The van der Waals surface area contributed by atoms with Gasteiger partial charge in [-0.25, -0.2) is 9.97 Å².